The fraction of sp³-hybridized carbons (Fsp3) is 0.381. The summed E-state index contributed by atoms with van der Waals surface area (Å²) in [5, 5.41) is 7.04. The van der Waals surface area contributed by atoms with E-state index in [1.807, 2.05) is 48.2 Å². The fourth-order valence-electron chi connectivity index (χ4n) is 3.37. The van der Waals surface area contributed by atoms with Gasteiger partial charge in [0.1, 0.15) is 0 Å². The highest BCUT2D eigenvalue weighted by Crippen LogP contribution is 2.22. The van der Waals surface area contributed by atoms with Crippen LogP contribution in [0.3, 0.4) is 0 Å². The molecule has 0 bridgehead atoms. The van der Waals surface area contributed by atoms with Gasteiger partial charge in [0.2, 0.25) is 11.8 Å². The van der Waals surface area contributed by atoms with Gasteiger partial charge in [0, 0.05) is 70.0 Å². The average Bonchev–Trinajstić information content (AvgIpc) is 3.37. The van der Waals surface area contributed by atoms with Crippen molar-refractivity contribution in [3.8, 4) is 0 Å². The number of likely N-dealkylation sites (tertiary alicyclic amines) is 1. The number of aryl methyl sites for hydroxylation is 2. The smallest absolute Gasteiger partial charge is 0.246 e. The molecule has 2 aromatic rings. The number of carbonyl (C=O) groups is 2. The molecule has 3 heterocycles. The number of carbonyl (C=O) groups excluding carboxylic acids is 2. The van der Waals surface area contributed by atoms with E-state index in [1.165, 1.54) is 0 Å². The summed E-state index contributed by atoms with van der Waals surface area (Å²) in [5.41, 5.74) is 1.89. The van der Waals surface area contributed by atoms with Gasteiger partial charge in [-0.25, -0.2) is 0 Å². The van der Waals surface area contributed by atoms with E-state index >= 15 is 0 Å². The van der Waals surface area contributed by atoms with Crippen molar-refractivity contribution in [2.24, 2.45) is 25.9 Å². The number of nitrogens with one attached hydrogen (secondary N) is 1. The Balaban J connectivity index is 1.46. The molecule has 2 unspecified atom stereocenters. The van der Waals surface area contributed by atoms with Crippen LogP contribution in [0, 0.1) is 11.8 Å². The van der Waals surface area contributed by atoms with Crippen LogP contribution >= 0.6 is 0 Å². The van der Waals surface area contributed by atoms with Crippen LogP contribution < -0.4 is 5.32 Å². The molecule has 1 saturated heterocycles. The van der Waals surface area contributed by atoms with Crippen molar-refractivity contribution in [2.75, 3.05) is 19.6 Å². The first-order valence-corrected chi connectivity index (χ1v) is 9.44. The van der Waals surface area contributed by atoms with Gasteiger partial charge < -0.3 is 14.8 Å². The maximum atomic E-state index is 12.4. The number of aromatic nitrogens is 3. The van der Waals surface area contributed by atoms with Crippen LogP contribution in [0.25, 0.3) is 12.2 Å². The molecule has 28 heavy (non-hydrogen) atoms. The minimum atomic E-state index is -0.114. The lowest BCUT2D eigenvalue weighted by Gasteiger charge is -2.15. The third-order valence-electron chi connectivity index (χ3n) is 5.04. The zero-order valence-electron chi connectivity index (χ0n) is 16.6. The van der Waals surface area contributed by atoms with E-state index in [1.54, 1.807) is 35.2 Å². The third-order valence-corrected chi connectivity index (χ3v) is 5.04. The van der Waals surface area contributed by atoms with Crippen LogP contribution in [0.5, 0.6) is 0 Å². The Morgan fingerprint density at radius 2 is 1.96 bits per heavy atom. The van der Waals surface area contributed by atoms with Crippen molar-refractivity contribution in [1.82, 2.24) is 24.6 Å². The van der Waals surface area contributed by atoms with E-state index in [0.717, 1.165) is 11.1 Å². The Bertz CT molecular complexity index is 892. The number of nitrogens with zero attached hydrogens (tertiary/aromatic N) is 4. The van der Waals surface area contributed by atoms with Gasteiger partial charge in [0.25, 0.3) is 0 Å². The standard InChI is InChI=1S/C21H27N5O2/c1-16-12-26(21(28)7-5-18-10-23-25(3)14-18)15-19(16)11-22-20(27)6-4-17-8-9-24(2)13-17/h4-10,13-14,16,19H,11-12,15H2,1-3H3,(H,22,27)/b6-4+,7-5+. The number of amides is 2. The molecule has 148 valence electrons. The van der Waals surface area contributed by atoms with Crippen molar-refractivity contribution >= 4 is 24.0 Å². The second-order valence-electron chi connectivity index (χ2n) is 7.45. The Morgan fingerprint density at radius 3 is 2.64 bits per heavy atom. The monoisotopic (exact) mass is 381 g/mol. The second kappa shape index (κ2) is 8.73. The molecule has 1 aliphatic heterocycles. The lowest BCUT2D eigenvalue weighted by atomic mass is 9.98. The number of rotatable bonds is 6. The van der Waals surface area contributed by atoms with Crippen molar-refractivity contribution in [2.45, 2.75) is 6.92 Å². The topological polar surface area (TPSA) is 72.2 Å². The normalized spacial score (nSPS) is 19.8. The highest BCUT2D eigenvalue weighted by Gasteiger charge is 2.31. The molecular formula is C21H27N5O2. The first-order valence-electron chi connectivity index (χ1n) is 9.44. The predicted octanol–water partition coefficient (Wildman–Crippen LogP) is 1.70. The van der Waals surface area contributed by atoms with E-state index in [9.17, 15) is 9.59 Å². The molecule has 2 amide bonds. The molecule has 7 heteroatoms. The zero-order chi connectivity index (χ0) is 20.1. The maximum Gasteiger partial charge on any atom is 0.246 e. The molecule has 0 spiro atoms. The molecule has 1 fully saturated rings. The Hall–Kier alpha value is -3.09. The zero-order valence-corrected chi connectivity index (χ0v) is 16.6. The quantitative estimate of drug-likeness (QED) is 0.774. The summed E-state index contributed by atoms with van der Waals surface area (Å²) in [6.07, 6.45) is 14.2. The molecule has 2 aromatic heterocycles. The van der Waals surface area contributed by atoms with Gasteiger partial charge in [0.05, 0.1) is 6.20 Å². The highest BCUT2D eigenvalue weighted by molar-refractivity contribution is 5.92. The molecule has 0 aromatic carbocycles. The first-order chi connectivity index (χ1) is 13.4. The second-order valence-corrected chi connectivity index (χ2v) is 7.45. The van der Waals surface area contributed by atoms with Crippen molar-refractivity contribution in [3.63, 3.8) is 0 Å². The molecule has 0 saturated carbocycles. The van der Waals surface area contributed by atoms with Gasteiger partial charge in [0.15, 0.2) is 0 Å². The summed E-state index contributed by atoms with van der Waals surface area (Å²) in [6.45, 7) is 4.04. The molecular weight excluding hydrogens is 354 g/mol. The summed E-state index contributed by atoms with van der Waals surface area (Å²) in [6, 6.07) is 1.95. The van der Waals surface area contributed by atoms with E-state index in [-0.39, 0.29) is 17.7 Å². The molecule has 1 N–H and O–H groups in total. The number of hydrogen-bond donors (Lipinski definition) is 1. The highest BCUT2D eigenvalue weighted by atomic mass is 16.2. The van der Waals surface area contributed by atoms with Crippen molar-refractivity contribution in [3.05, 3.63) is 54.1 Å². The van der Waals surface area contributed by atoms with Gasteiger partial charge in [-0.2, -0.15) is 5.10 Å². The van der Waals surface area contributed by atoms with Gasteiger partial charge in [-0.3, -0.25) is 14.3 Å². The van der Waals surface area contributed by atoms with Crippen LogP contribution in [0.4, 0.5) is 0 Å². The average molecular weight is 381 g/mol. The van der Waals surface area contributed by atoms with Crippen LogP contribution in [0.15, 0.2) is 43.0 Å². The SMILES string of the molecule is CC1CN(C(=O)/C=C/c2cnn(C)c2)CC1CNC(=O)/C=C/c1ccn(C)c1. The van der Waals surface area contributed by atoms with Crippen LogP contribution in [-0.4, -0.2) is 50.7 Å². The van der Waals surface area contributed by atoms with Gasteiger partial charge in [-0.1, -0.05) is 6.92 Å². The third kappa shape index (κ3) is 5.22. The minimum absolute atomic E-state index is 0.00602. The lowest BCUT2D eigenvalue weighted by molar-refractivity contribution is -0.125. The Morgan fingerprint density at radius 1 is 1.18 bits per heavy atom. The summed E-state index contributed by atoms with van der Waals surface area (Å²) in [7, 11) is 3.78. The maximum absolute atomic E-state index is 12.4. The Kier molecular flexibility index (Phi) is 6.13. The first kappa shape index (κ1) is 19.7. The molecule has 1 aliphatic rings. The van der Waals surface area contributed by atoms with Crippen LogP contribution in [-0.2, 0) is 23.7 Å². The van der Waals surface area contributed by atoms with E-state index < -0.39 is 0 Å². The Labute approximate surface area is 165 Å². The number of hydrogen-bond acceptors (Lipinski definition) is 3. The summed E-state index contributed by atoms with van der Waals surface area (Å²) in [4.78, 5) is 26.3. The van der Waals surface area contributed by atoms with Crippen LogP contribution in [0.1, 0.15) is 18.1 Å². The van der Waals surface area contributed by atoms with Gasteiger partial charge in [-0.15, -0.1) is 0 Å². The summed E-state index contributed by atoms with van der Waals surface area (Å²) < 4.78 is 3.64. The lowest BCUT2D eigenvalue weighted by Crippen LogP contribution is -2.32. The molecule has 2 atom stereocenters. The summed E-state index contributed by atoms with van der Waals surface area (Å²) >= 11 is 0. The van der Waals surface area contributed by atoms with Gasteiger partial charge >= 0.3 is 0 Å². The minimum Gasteiger partial charge on any atom is -0.357 e. The largest absolute Gasteiger partial charge is 0.357 e. The van der Waals surface area contributed by atoms with Crippen LogP contribution in [0.2, 0.25) is 0 Å². The van der Waals surface area contributed by atoms with E-state index in [4.69, 9.17) is 0 Å². The van der Waals surface area contributed by atoms with E-state index in [0.29, 0.717) is 25.6 Å². The molecule has 0 aliphatic carbocycles. The predicted molar refractivity (Wildman–Crippen MR) is 109 cm³/mol. The van der Waals surface area contributed by atoms with Crippen molar-refractivity contribution in [1.29, 1.82) is 0 Å². The fourth-order valence-corrected chi connectivity index (χ4v) is 3.37. The molecule has 3 rings (SSSR count). The van der Waals surface area contributed by atoms with Gasteiger partial charge in [-0.05, 0) is 35.6 Å². The van der Waals surface area contributed by atoms with E-state index in [2.05, 4.69) is 17.3 Å². The van der Waals surface area contributed by atoms with Crippen molar-refractivity contribution < 1.29 is 9.59 Å². The molecule has 7 nitrogen and oxygen atoms in total. The molecule has 0 radical (unpaired) electrons. The summed E-state index contributed by atoms with van der Waals surface area (Å²) in [5.74, 6) is 0.477.